The minimum Gasteiger partial charge on any atom is -0.467 e. The van der Waals surface area contributed by atoms with Crippen LogP contribution in [0, 0.1) is 0 Å². The van der Waals surface area contributed by atoms with E-state index in [0.717, 1.165) is 23.3 Å². The fourth-order valence-corrected chi connectivity index (χ4v) is 2.30. The molecule has 0 amide bonds. The molecular weight excluding hydrogens is 222 g/mol. The first-order valence-electron chi connectivity index (χ1n) is 5.38. The van der Waals surface area contributed by atoms with E-state index >= 15 is 0 Å². The van der Waals surface area contributed by atoms with E-state index in [-0.39, 0.29) is 0 Å². The molecule has 2 aromatic heterocycles. The maximum atomic E-state index is 5.38. The summed E-state index contributed by atoms with van der Waals surface area (Å²) in [6.45, 7) is 0.738. The zero-order valence-corrected chi connectivity index (χ0v) is 9.91. The second-order valence-electron chi connectivity index (χ2n) is 3.98. The Morgan fingerprint density at radius 3 is 3.00 bits per heavy atom. The lowest BCUT2D eigenvalue weighted by atomic mass is 10.3. The lowest BCUT2D eigenvalue weighted by Crippen LogP contribution is -2.04. The van der Waals surface area contributed by atoms with E-state index in [2.05, 4.69) is 14.8 Å². The summed E-state index contributed by atoms with van der Waals surface area (Å²) in [4.78, 5) is 0. The Balaban J connectivity index is 1.93. The molecule has 0 unspecified atom stereocenters. The molecule has 16 heavy (non-hydrogen) atoms. The van der Waals surface area contributed by atoms with Crippen LogP contribution >= 0.6 is 11.8 Å². The van der Waals surface area contributed by atoms with Gasteiger partial charge in [-0.2, -0.15) is 0 Å². The zero-order valence-electron chi connectivity index (χ0n) is 9.09. The van der Waals surface area contributed by atoms with Crippen molar-refractivity contribution in [2.75, 3.05) is 6.26 Å². The molecular formula is C11H13N3OS. The number of furan rings is 1. The Morgan fingerprint density at radius 1 is 1.50 bits per heavy atom. The predicted molar refractivity (Wildman–Crippen MR) is 61.6 cm³/mol. The average molecular weight is 235 g/mol. The van der Waals surface area contributed by atoms with Gasteiger partial charge in [0, 0.05) is 5.92 Å². The third kappa shape index (κ3) is 1.75. The molecule has 3 rings (SSSR count). The summed E-state index contributed by atoms with van der Waals surface area (Å²) in [6.07, 6.45) is 6.21. The molecule has 1 aliphatic rings. The minimum absolute atomic E-state index is 0.614. The van der Waals surface area contributed by atoms with Crippen LogP contribution in [0.15, 0.2) is 28.0 Å². The molecule has 0 spiro atoms. The van der Waals surface area contributed by atoms with Crippen molar-refractivity contribution in [3.63, 3.8) is 0 Å². The summed E-state index contributed by atoms with van der Waals surface area (Å²) in [5.74, 6) is 2.68. The van der Waals surface area contributed by atoms with E-state index < -0.39 is 0 Å². The Labute approximate surface area is 98.1 Å². The van der Waals surface area contributed by atoms with Gasteiger partial charge in [0.25, 0.3) is 0 Å². The van der Waals surface area contributed by atoms with Crippen LogP contribution in [-0.2, 0) is 6.54 Å². The van der Waals surface area contributed by atoms with Gasteiger partial charge in [0.05, 0.1) is 12.8 Å². The van der Waals surface area contributed by atoms with Gasteiger partial charge in [-0.05, 0) is 31.2 Å². The molecule has 84 valence electrons. The van der Waals surface area contributed by atoms with Crippen molar-refractivity contribution in [1.29, 1.82) is 0 Å². The summed E-state index contributed by atoms with van der Waals surface area (Å²) in [6, 6.07) is 3.90. The molecule has 0 aromatic carbocycles. The quantitative estimate of drug-likeness (QED) is 0.764. The first kappa shape index (κ1) is 9.96. The normalized spacial score (nSPS) is 15.6. The van der Waals surface area contributed by atoms with Gasteiger partial charge in [-0.1, -0.05) is 11.8 Å². The first-order chi connectivity index (χ1) is 7.88. The largest absolute Gasteiger partial charge is 0.467 e. The fraction of sp³-hybridized carbons (Fsp3) is 0.455. The highest BCUT2D eigenvalue weighted by Gasteiger charge is 2.30. The number of nitrogens with zero attached hydrogens (tertiary/aromatic N) is 3. The second kappa shape index (κ2) is 3.97. The summed E-state index contributed by atoms with van der Waals surface area (Å²) >= 11 is 1.63. The van der Waals surface area contributed by atoms with E-state index in [1.165, 1.54) is 12.8 Å². The van der Waals surface area contributed by atoms with Crippen LogP contribution < -0.4 is 0 Å². The molecule has 0 radical (unpaired) electrons. The molecule has 0 atom stereocenters. The van der Waals surface area contributed by atoms with E-state index in [4.69, 9.17) is 4.42 Å². The number of rotatable bonds is 4. The van der Waals surface area contributed by atoms with Gasteiger partial charge in [-0.15, -0.1) is 10.2 Å². The van der Waals surface area contributed by atoms with E-state index in [0.29, 0.717) is 5.92 Å². The van der Waals surface area contributed by atoms with Crippen LogP contribution in [0.1, 0.15) is 30.3 Å². The van der Waals surface area contributed by atoms with Gasteiger partial charge in [0.15, 0.2) is 5.16 Å². The van der Waals surface area contributed by atoms with Crippen LogP contribution in [0.3, 0.4) is 0 Å². The van der Waals surface area contributed by atoms with Gasteiger partial charge in [-0.25, -0.2) is 0 Å². The van der Waals surface area contributed by atoms with Crippen molar-refractivity contribution in [2.45, 2.75) is 30.5 Å². The Bertz CT molecular complexity index is 473. The third-order valence-corrected chi connectivity index (χ3v) is 3.43. The van der Waals surface area contributed by atoms with Gasteiger partial charge in [0.2, 0.25) is 0 Å². The molecule has 1 aliphatic carbocycles. The van der Waals surface area contributed by atoms with Crippen LogP contribution in [0.2, 0.25) is 0 Å². The number of thioether (sulfide) groups is 1. The SMILES string of the molecule is CSc1nnc(C2CC2)n1Cc1ccco1. The second-order valence-corrected chi connectivity index (χ2v) is 4.76. The Hall–Kier alpha value is -1.23. The van der Waals surface area contributed by atoms with Crippen molar-refractivity contribution < 1.29 is 4.42 Å². The number of hydrogen-bond acceptors (Lipinski definition) is 4. The highest BCUT2D eigenvalue weighted by molar-refractivity contribution is 7.98. The van der Waals surface area contributed by atoms with Crippen molar-refractivity contribution in [2.24, 2.45) is 0 Å². The topological polar surface area (TPSA) is 43.9 Å². The van der Waals surface area contributed by atoms with Crippen molar-refractivity contribution in [1.82, 2.24) is 14.8 Å². The minimum atomic E-state index is 0.614. The Morgan fingerprint density at radius 2 is 2.38 bits per heavy atom. The van der Waals surface area contributed by atoms with Gasteiger partial charge in [0.1, 0.15) is 11.6 Å². The maximum absolute atomic E-state index is 5.38. The first-order valence-corrected chi connectivity index (χ1v) is 6.60. The van der Waals surface area contributed by atoms with Crippen LogP contribution in [-0.4, -0.2) is 21.0 Å². The highest BCUT2D eigenvalue weighted by Crippen LogP contribution is 2.40. The van der Waals surface area contributed by atoms with Gasteiger partial charge in [-0.3, -0.25) is 4.57 Å². The van der Waals surface area contributed by atoms with Crippen molar-refractivity contribution in [3.8, 4) is 0 Å². The van der Waals surface area contributed by atoms with E-state index in [1.54, 1.807) is 18.0 Å². The standard InChI is InChI=1S/C11H13N3OS/c1-16-11-13-12-10(8-4-5-8)14(11)7-9-3-2-6-15-9/h2-3,6,8H,4-5,7H2,1H3. The van der Waals surface area contributed by atoms with E-state index in [9.17, 15) is 0 Å². The summed E-state index contributed by atoms with van der Waals surface area (Å²) < 4.78 is 7.54. The molecule has 0 saturated heterocycles. The Kier molecular flexibility index (Phi) is 2.47. The molecule has 2 heterocycles. The summed E-state index contributed by atoms with van der Waals surface area (Å²) in [5, 5.41) is 9.46. The van der Waals surface area contributed by atoms with Crippen LogP contribution in [0.25, 0.3) is 0 Å². The van der Waals surface area contributed by atoms with Crippen molar-refractivity contribution >= 4 is 11.8 Å². The molecule has 1 saturated carbocycles. The summed E-state index contributed by atoms with van der Waals surface area (Å²) in [5.41, 5.74) is 0. The third-order valence-electron chi connectivity index (χ3n) is 2.76. The maximum Gasteiger partial charge on any atom is 0.191 e. The molecule has 0 aliphatic heterocycles. The molecule has 0 bridgehead atoms. The average Bonchev–Trinajstić information content (AvgIpc) is 2.87. The van der Waals surface area contributed by atoms with Gasteiger partial charge >= 0.3 is 0 Å². The highest BCUT2D eigenvalue weighted by atomic mass is 32.2. The molecule has 2 aromatic rings. The smallest absolute Gasteiger partial charge is 0.191 e. The lowest BCUT2D eigenvalue weighted by Gasteiger charge is -2.06. The van der Waals surface area contributed by atoms with E-state index in [1.807, 2.05) is 18.4 Å². The van der Waals surface area contributed by atoms with Crippen LogP contribution in [0.4, 0.5) is 0 Å². The summed E-state index contributed by atoms with van der Waals surface area (Å²) in [7, 11) is 0. The number of aromatic nitrogens is 3. The lowest BCUT2D eigenvalue weighted by molar-refractivity contribution is 0.478. The van der Waals surface area contributed by atoms with Crippen molar-refractivity contribution in [3.05, 3.63) is 30.0 Å². The van der Waals surface area contributed by atoms with Crippen LogP contribution in [0.5, 0.6) is 0 Å². The number of hydrogen-bond donors (Lipinski definition) is 0. The molecule has 4 nitrogen and oxygen atoms in total. The van der Waals surface area contributed by atoms with Gasteiger partial charge < -0.3 is 4.42 Å². The monoisotopic (exact) mass is 235 g/mol. The molecule has 0 N–H and O–H groups in total. The predicted octanol–water partition coefficient (Wildman–Crippen LogP) is 2.52. The molecule has 5 heteroatoms. The fourth-order valence-electron chi connectivity index (χ4n) is 1.80. The molecule has 1 fully saturated rings. The zero-order chi connectivity index (χ0) is 11.0.